The monoisotopic (exact) mass is 308 g/mol. The fourth-order valence-electron chi connectivity index (χ4n) is 3.53. The smallest absolute Gasteiger partial charge is 0.251 e. The summed E-state index contributed by atoms with van der Waals surface area (Å²) in [5.74, 6) is 1.52. The molecule has 0 saturated carbocycles. The summed E-state index contributed by atoms with van der Waals surface area (Å²) in [7, 11) is 0. The average molecular weight is 308 g/mol. The molecule has 2 saturated heterocycles. The zero-order valence-corrected chi connectivity index (χ0v) is 12.9. The number of rotatable bonds is 4. The predicted molar refractivity (Wildman–Crippen MR) is 88.8 cm³/mol. The van der Waals surface area contributed by atoms with Gasteiger partial charge in [-0.2, -0.15) is 0 Å². The second-order valence-electron chi connectivity index (χ2n) is 6.30. The van der Waals surface area contributed by atoms with Gasteiger partial charge >= 0.3 is 0 Å². The van der Waals surface area contributed by atoms with Crippen molar-refractivity contribution in [3.63, 3.8) is 0 Å². The molecule has 0 aliphatic carbocycles. The van der Waals surface area contributed by atoms with E-state index in [0.717, 1.165) is 17.9 Å². The van der Waals surface area contributed by atoms with Gasteiger partial charge in [0.05, 0.1) is 0 Å². The average Bonchev–Trinajstić information content (AvgIpc) is 3.19. The van der Waals surface area contributed by atoms with Crippen molar-refractivity contribution in [3.05, 3.63) is 60.2 Å². The fourth-order valence-corrected chi connectivity index (χ4v) is 3.53. The lowest BCUT2D eigenvalue weighted by Crippen LogP contribution is -2.42. The lowest BCUT2D eigenvalue weighted by atomic mass is 9.95. The molecule has 23 heavy (non-hydrogen) atoms. The molecule has 3 unspecified atom stereocenters. The van der Waals surface area contributed by atoms with E-state index in [0.29, 0.717) is 17.6 Å². The second-order valence-corrected chi connectivity index (χ2v) is 6.30. The van der Waals surface area contributed by atoms with Crippen LogP contribution < -0.4 is 15.4 Å². The van der Waals surface area contributed by atoms with Crippen molar-refractivity contribution < 1.29 is 9.53 Å². The normalized spacial score (nSPS) is 25.3. The summed E-state index contributed by atoms with van der Waals surface area (Å²) in [4.78, 5) is 12.4. The Labute approximate surface area is 135 Å². The number of amides is 1. The summed E-state index contributed by atoms with van der Waals surface area (Å²) in [6.45, 7) is 0. The molecule has 0 spiro atoms. The lowest BCUT2D eigenvalue weighted by molar-refractivity contribution is 0.0931. The van der Waals surface area contributed by atoms with Gasteiger partial charge in [-0.25, -0.2) is 0 Å². The molecule has 3 atom stereocenters. The van der Waals surface area contributed by atoms with Crippen LogP contribution >= 0.6 is 0 Å². The molecule has 4 nitrogen and oxygen atoms in total. The van der Waals surface area contributed by atoms with Crippen LogP contribution in [0.15, 0.2) is 54.6 Å². The molecule has 0 aromatic heterocycles. The number of para-hydroxylation sites is 1. The van der Waals surface area contributed by atoms with Crippen LogP contribution in [0.4, 0.5) is 0 Å². The summed E-state index contributed by atoms with van der Waals surface area (Å²) in [5, 5.41) is 6.69. The Morgan fingerprint density at radius 2 is 1.74 bits per heavy atom. The highest BCUT2D eigenvalue weighted by Crippen LogP contribution is 2.28. The molecule has 2 fully saturated rings. The van der Waals surface area contributed by atoms with Gasteiger partial charge in [0.2, 0.25) is 0 Å². The van der Waals surface area contributed by atoms with Gasteiger partial charge in [-0.3, -0.25) is 4.79 Å². The largest absolute Gasteiger partial charge is 0.457 e. The first-order valence-electron chi connectivity index (χ1n) is 8.18. The van der Waals surface area contributed by atoms with Crippen molar-refractivity contribution in [2.24, 2.45) is 0 Å². The fraction of sp³-hybridized carbons (Fsp3) is 0.316. The molecule has 118 valence electrons. The Bertz CT molecular complexity index is 684. The Kier molecular flexibility index (Phi) is 3.75. The maximum absolute atomic E-state index is 12.4. The zero-order chi connectivity index (χ0) is 15.6. The Morgan fingerprint density at radius 3 is 2.39 bits per heavy atom. The number of fused-ring (bicyclic) bond motifs is 2. The molecular weight excluding hydrogens is 288 g/mol. The third-order valence-electron chi connectivity index (χ3n) is 4.71. The van der Waals surface area contributed by atoms with Crippen LogP contribution in [0, 0.1) is 0 Å². The second kappa shape index (κ2) is 6.05. The quantitative estimate of drug-likeness (QED) is 0.912. The standard InChI is InChI=1S/C19H20N2O2/c22-19(21-18-12-14-8-11-17(18)20-14)13-6-9-16(10-7-13)23-15-4-2-1-3-5-15/h1-7,9-10,14,17-18,20H,8,11-12H2,(H,21,22). The van der Waals surface area contributed by atoms with E-state index in [9.17, 15) is 4.79 Å². The Hall–Kier alpha value is -2.33. The maximum Gasteiger partial charge on any atom is 0.251 e. The van der Waals surface area contributed by atoms with Crippen molar-refractivity contribution in [1.29, 1.82) is 0 Å². The number of hydrogen-bond donors (Lipinski definition) is 2. The Balaban J connectivity index is 1.38. The van der Waals surface area contributed by atoms with Gasteiger partial charge in [-0.15, -0.1) is 0 Å². The van der Waals surface area contributed by atoms with Gasteiger partial charge in [-0.1, -0.05) is 18.2 Å². The highest BCUT2D eigenvalue weighted by Gasteiger charge is 2.39. The van der Waals surface area contributed by atoms with E-state index in [-0.39, 0.29) is 11.9 Å². The van der Waals surface area contributed by atoms with Crippen molar-refractivity contribution in [2.45, 2.75) is 37.4 Å². The van der Waals surface area contributed by atoms with Crippen LogP contribution in [0.2, 0.25) is 0 Å². The summed E-state index contributed by atoms with van der Waals surface area (Å²) >= 11 is 0. The van der Waals surface area contributed by atoms with Crippen LogP contribution in [0.25, 0.3) is 0 Å². The molecule has 2 aromatic carbocycles. The van der Waals surface area contributed by atoms with Gasteiger partial charge < -0.3 is 15.4 Å². The first-order valence-corrected chi connectivity index (χ1v) is 8.18. The molecule has 1 amide bonds. The molecule has 2 heterocycles. The molecular formula is C19H20N2O2. The third-order valence-corrected chi connectivity index (χ3v) is 4.71. The van der Waals surface area contributed by atoms with Gasteiger partial charge in [0.25, 0.3) is 5.91 Å². The van der Waals surface area contributed by atoms with E-state index < -0.39 is 0 Å². The van der Waals surface area contributed by atoms with E-state index in [2.05, 4.69) is 10.6 Å². The minimum atomic E-state index is -0.00406. The van der Waals surface area contributed by atoms with E-state index in [1.165, 1.54) is 12.8 Å². The van der Waals surface area contributed by atoms with E-state index in [1.54, 1.807) is 0 Å². The summed E-state index contributed by atoms with van der Waals surface area (Å²) in [6.07, 6.45) is 3.45. The molecule has 4 rings (SSSR count). The van der Waals surface area contributed by atoms with E-state index >= 15 is 0 Å². The molecule has 4 heteroatoms. The molecule has 2 aromatic rings. The van der Waals surface area contributed by atoms with Gasteiger partial charge in [0, 0.05) is 23.7 Å². The van der Waals surface area contributed by atoms with Crippen LogP contribution in [0.5, 0.6) is 11.5 Å². The lowest BCUT2D eigenvalue weighted by Gasteiger charge is -2.21. The minimum absolute atomic E-state index is 0.00406. The van der Waals surface area contributed by atoms with Crippen LogP contribution in [-0.4, -0.2) is 24.0 Å². The van der Waals surface area contributed by atoms with Crippen molar-refractivity contribution >= 4 is 5.91 Å². The third kappa shape index (κ3) is 3.08. The summed E-state index contributed by atoms with van der Waals surface area (Å²) in [6, 6.07) is 18.2. The van der Waals surface area contributed by atoms with Crippen LogP contribution in [0.3, 0.4) is 0 Å². The van der Waals surface area contributed by atoms with E-state index in [4.69, 9.17) is 4.74 Å². The maximum atomic E-state index is 12.4. The molecule has 2 N–H and O–H groups in total. The summed E-state index contributed by atoms with van der Waals surface area (Å²) < 4.78 is 5.75. The zero-order valence-electron chi connectivity index (χ0n) is 12.9. The first kappa shape index (κ1) is 14.3. The highest BCUT2D eigenvalue weighted by atomic mass is 16.5. The van der Waals surface area contributed by atoms with Crippen LogP contribution in [-0.2, 0) is 0 Å². The number of ether oxygens (including phenoxy) is 1. The van der Waals surface area contributed by atoms with Crippen molar-refractivity contribution in [2.75, 3.05) is 0 Å². The van der Waals surface area contributed by atoms with Gasteiger partial charge in [-0.05, 0) is 55.7 Å². The number of benzene rings is 2. The van der Waals surface area contributed by atoms with Crippen molar-refractivity contribution in [1.82, 2.24) is 10.6 Å². The Morgan fingerprint density at radius 1 is 1.00 bits per heavy atom. The molecule has 2 aliphatic rings. The number of nitrogens with one attached hydrogen (secondary N) is 2. The predicted octanol–water partition coefficient (Wildman–Crippen LogP) is 3.10. The minimum Gasteiger partial charge on any atom is -0.457 e. The van der Waals surface area contributed by atoms with E-state index in [1.807, 2.05) is 54.6 Å². The van der Waals surface area contributed by atoms with Crippen LogP contribution in [0.1, 0.15) is 29.6 Å². The molecule has 0 radical (unpaired) electrons. The highest BCUT2D eigenvalue weighted by molar-refractivity contribution is 5.94. The molecule has 2 bridgehead atoms. The van der Waals surface area contributed by atoms with Gasteiger partial charge in [0.15, 0.2) is 0 Å². The number of carbonyl (C=O) groups is 1. The summed E-state index contributed by atoms with van der Waals surface area (Å²) in [5.41, 5.74) is 0.674. The topological polar surface area (TPSA) is 50.4 Å². The number of hydrogen-bond acceptors (Lipinski definition) is 3. The van der Waals surface area contributed by atoms with Gasteiger partial charge in [0.1, 0.15) is 11.5 Å². The SMILES string of the molecule is O=C(NC1CC2CCC1N2)c1ccc(Oc2ccccc2)cc1. The molecule has 2 aliphatic heterocycles. The van der Waals surface area contributed by atoms with Crippen molar-refractivity contribution in [3.8, 4) is 11.5 Å². The first-order chi connectivity index (χ1) is 11.3. The number of carbonyl (C=O) groups excluding carboxylic acids is 1.